The summed E-state index contributed by atoms with van der Waals surface area (Å²) in [6.07, 6.45) is 6.93. The van der Waals surface area contributed by atoms with Gasteiger partial charge in [-0.15, -0.1) is 11.3 Å². The fraction of sp³-hybridized carbons (Fsp3) is 0.467. The molecule has 0 spiro atoms. The summed E-state index contributed by atoms with van der Waals surface area (Å²) in [6.45, 7) is 0.492. The number of aromatic nitrogens is 1. The number of allylic oxidation sites excluding steroid dienone is 3. The molecule has 1 fully saturated rings. The highest BCUT2D eigenvalue weighted by molar-refractivity contribution is 7.13. The summed E-state index contributed by atoms with van der Waals surface area (Å²) in [5, 5.41) is 11.9. The molecule has 22 heavy (non-hydrogen) atoms. The van der Waals surface area contributed by atoms with Crippen molar-refractivity contribution in [1.82, 2.24) is 4.98 Å². The molecule has 0 bridgehead atoms. The molecule has 1 aromatic heterocycles. The monoisotopic (exact) mass is 326 g/mol. The van der Waals surface area contributed by atoms with E-state index in [0.717, 1.165) is 0 Å². The summed E-state index contributed by atoms with van der Waals surface area (Å²) in [5.41, 5.74) is -0.679. The molecule has 1 unspecified atom stereocenters. The quantitative estimate of drug-likeness (QED) is 0.927. The molecule has 1 aliphatic heterocycles. The number of carboxylic acid groups (broad SMARTS) is 1. The molecule has 1 N–H and O–H groups in total. The Balaban J connectivity index is 1.83. The number of hydrogen-bond donors (Lipinski definition) is 1. The summed E-state index contributed by atoms with van der Waals surface area (Å²) in [4.78, 5) is 18.0. The van der Waals surface area contributed by atoms with Crippen LogP contribution in [0.5, 0.6) is 0 Å². The third-order valence-corrected chi connectivity index (χ3v) is 5.07. The minimum absolute atomic E-state index is 0.186. The molecule has 1 atom stereocenters. The number of piperidine rings is 1. The molecule has 1 saturated heterocycles. The SMILES string of the molecule is O=C(O)C1(c2csc(N3CCC(F)(F)CC3)n2)C=CC=CC1. The molecular weight excluding hydrogens is 310 g/mol. The van der Waals surface area contributed by atoms with Crippen molar-refractivity contribution in [2.45, 2.75) is 30.6 Å². The lowest BCUT2D eigenvalue weighted by molar-refractivity contribution is -0.141. The highest BCUT2D eigenvalue weighted by Gasteiger charge is 2.41. The third-order valence-electron chi connectivity index (χ3n) is 4.16. The number of hydrogen-bond acceptors (Lipinski definition) is 4. The molecule has 2 heterocycles. The lowest BCUT2D eigenvalue weighted by Gasteiger charge is -2.31. The fourth-order valence-corrected chi connectivity index (χ4v) is 3.68. The van der Waals surface area contributed by atoms with Gasteiger partial charge in [-0.3, -0.25) is 4.79 Å². The first kappa shape index (κ1) is 15.1. The molecule has 1 aliphatic carbocycles. The maximum absolute atomic E-state index is 13.2. The topological polar surface area (TPSA) is 53.4 Å². The van der Waals surface area contributed by atoms with Crippen LogP contribution in [0.15, 0.2) is 29.7 Å². The number of halogens is 2. The summed E-state index contributed by atoms with van der Waals surface area (Å²) >= 11 is 1.31. The number of nitrogens with zero attached hydrogens (tertiary/aromatic N) is 2. The zero-order valence-electron chi connectivity index (χ0n) is 11.8. The molecule has 7 heteroatoms. The second kappa shape index (κ2) is 5.46. The Kier molecular flexibility index (Phi) is 3.76. The third kappa shape index (κ3) is 2.65. The first-order valence-electron chi connectivity index (χ1n) is 7.10. The van der Waals surface area contributed by atoms with Crippen molar-refractivity contribution in [3.05, 3.63) is 35.4 Å². The highest BCUT2D eigenvalue weighted by atomic mass is 32.1. The van der Waals surface area contributed by atoms with Gasteiger partial charge in [-0.2, -0.15) is 0 Å². The van der Waals surface area contributed by atoms with Crippen molar-refractivity contribution in [2.75, 3.05) is 18.0 Å². The van der Waals surface area contributed by atoms with Gasteiger partial charge in [-0.25, -0.2) is 13.8 Å². The Morgan fingerprint density at radius 1 is 1.32 bits per heavy atom. The van der Waals surface area contributed by atoms with Gasteiger partial charge in [-0.05, 0) is 6.42 Å². The van der Waals surface area contributed by atoms with E-state index in [1.165, 1.54) is 11.3 Å². The van der Waals surface area contributed by atoms with Gasteiger partial charge in [0.1, 0.15) is 5.41 Å². The number of thiazole rings is 1. The zero-order valence-corrected chi connectivity index (χ0v) is 12.7. The highest BCUT2D eigenvalue weighted by Crippen LogP contribution is 2.37. The predicted molar refractivity (Wildman–Crippen MR) is 80.7 cm³/mol. The fourth-order valence-electron chi connectivity index (χ4n) is 2.72. The zero-order chi connectivity index (χ0) is 15.8. The van der Waals surface area contributed by atoms with Gasteiger partial charge < -0.3 is 10.0 Å². The van der Waals surface area contributed by atoms with Crippen LogP contribution in [0.3, 0.4) is 0 Å². The van der Waals surface area contributed by atoms with Crippen molar-refractivity contribution < 1.29 is 18.7 Å². The maximum Gasteiger partial charge on any atom is 0.320 e. The maximum atomic E-state index is 13.2. The number of carboxylic acids is 1. The van der Waals surface area contributed by atoms with E-state index < -0.39 is 17.3 Å². The molecule has 0 aromatic carbocycles. The van der Waals surface area contributed by atoms with Crippen molar-refractivity contribution in [2.24, 2.45) is 0 Å². The summed E-state index contributed by atoms with van der Waals surface area (Å²) in [7, 11) is 0. The van der Waals surface area contributed by atoms with E-state index in [0.29, 0.717) is 17.2 Å². The van der Waals surface area contributed by atoms with Gasteiger partial charge in [0.05, 0.1) is 5.69 Å². The van der Waals surface area contributed by atoms with Crippen LogP contribution in [0.2, 0.25) is 0 Å². The van der Waals surface area contributed by atoms with Crippen LogP contribution in [0.25, 0.3) is 0 Å². The van der Waals surface area contributed by atoms with E-state index >= 15 is 0 Å². The van der Waals surface area contributed by atoms with Crippen LogP contribution in [0.1, 0.15) is 25.0 Å². The smallest absolute Gasteiger partial charge is 0.320 e. The molecule has 4 nitrogen and oxygen atoms in total. The van der Waals surface area contributed by atoms with E-state index in [1.54, 1.807) is 29.7 Å². The Labute approximate surface area is 130 Å². The first-order chi connectivity index (χ1) is 10.4. The average Bonchev–Trinajstić information content (AvgIpc) is 2.98. The van der Waals surface area contributed by atoms with Gasteiger partial charge in [0, 0.05) is 31.3 Å². The van der Waals surface area contributed by atoms with E-state index in [1.807, 2.05) is 4.90 Å². The van der Waals surface area contributed by atoms with Crippen molar-refractivity contribution in [3.8, 4) is 0 Å². The number of carbonyl (C=O) groups is 1. The molecule has 118 valence electrons. The van der Waals surface area contributed by atoms with Crippen molar-refractivity contribution in [1.29, 1.82) is 0 Å². The van der Waals surface area contributed by atoms with E-state index in [-0.39, 0.29) is 25.9 Å². The van der Waals surface area contributed by atoms with Crippen molar-refractivity contribution >= 4 is 22.4 Å². The lowest BCUT2D eigenvalue weighted by Crippen LogP contribution is -2.39. The van der Waals surface area contributed by atoms with Gasteiger partial charge in [-0.1, -0.05) is 24.3 Å². The molecule has 2 aliphatic rings. The Morgan fingerprint density at radius 3 is 2.64 bits per heavy atom. The molecule has 0 radical (unpaired) electrons. The lowest BCUT2D eigenvalue weighted by atomic mass is 9.79. The average molecular weight is 326 g/mol. The largest absolute Gasteiger partial charge is 0.480 e. The van der Waals surface area contributed by atoms with Crippen LogP contribution in [0.4, 0.5) is 13.9 Å². The molecule has 0 saturated carbocycles. The molecular formula is C15H16F2N2O2S. The minimum Gasteiger partial charge on any atom is -0.480 e. The van der Waals surface area contributed by atoms with Crippen LogP contribution < -0.4 is 4.90 Å². The second-order valence-corrected chi connectivity index (χ2v) is 6.46. The normalized spacial score (nSPS) is 27.1. The summed E-state index contributed by atoms with van der Waals surface area (Å²) in [5.74, 6) is -3.55. The Morgan fingerprint density at radius 2 is 2.05 bits per heavy atom. The van der Waals surface area contributed by atoms with Crippen LogP contribution >= 0.6 is 11.3 Å². The molecule has 0 amide bonds. The first-order valence-corrected chi connectivity index (χ1v) is 7.97. The number of rotatable bonds is 3. The van der Waals surface area contributed by atoms with Crippen LogP contribution in [-0.4, -0.2) is 35.1 Å². The van der Waals surface area contributed by atoms with Crippen LogP contribution in [0, 0.1) is 0 Å². The Hall–Kier alpha value is -1.76. The van der Waals surface area contributed by atoms with Crippen LogP contribution in [-0.2, 0) is 10.2 Å². The second-order valence-electron chi connectivity index (χ2n) is 5.63. The van der Waals surface area contributed by atoms with E-state index in [4.69, 9.17) is 0 Å². The Bertz CT molecular complexity index is 631. The minimum atomic E-state index is -2.60. The standard InChI is InChI=1S/C15H16F2N2O2S/c16-15(17)6-8-19(9-7-15)13-18-11(10-22-13)14(12(20)21)4-2-1-3-5-14/h1-4,10H,5-9H2,(H,20,21). The van der Waals surface area contributed by atoms with Crippen molar-refractivity contribution in [3.63, 3.8) is 0 Å². The van der Waals surface area contributed by atoms with Gasteiger partial charge in [0.15, 0.2) is 5.13 Å². The predicted octanol–water partition coefficient (Wildman–Crippen LogP) is 3.22. The summed E-state index contributed by atoms with van der Waals surface area (Å²) in [6, 6.07) is 0. The molecule has 1 aromatic rings. The van der Waals surface area contributed by atoms with E-state index in [2.05, 4.69) is 4.98 Å². The summed E-state index contributed by atoms with van der Waals surface area (Å²) < 4.78 is 26.4. The molecule has 3 rings (SSSR count). The van der Waals surface area contributed by atoms with Gasteiger partial charge in [0.2, 0.25) is 0 Å². The number of anilines is 1. The number of aliphatic carboxylic acids is 1. The van der Waals surface area contributed by atoms with Gasteiger partial charge >= 0.3 is 5.97 Å². The van der Waals surface area contributed by atoms with E-state index in [9.17, 15) is 18.7 Å². The number of alkyl halides is 2. The van der Waals surface area contributed by atoms with Gasteiger partial charge in [0.25, 0.3) is 5.92 Å².